The maximum atomic E-state index is 12.3. The summed E-state index contributed by atoms with van der Waals surface area (Å²) in [4.78, 5) is 16.9. The van der Waals surface area contributed by atoms with Gasteiger partial charge in [0.05, 0.1) is 12.0 Å². The lowest BCUT2D eigenvalue weighted by molar-refractivity contribution is -0.159. The Hall–Kier alpha value is -0.610. The van der Waals surface area contributed by atoms with E-state index in [-0.39, 0.29) is 11.4 Å². The van der Waals surface area contributed by atoms with Crippen LogP contribution in [0, 0.1) is 11.3 Å². The van der Waals surface area contributed by atoms with Gasteiger partial charge in [0.25, 0.3) is 0 Å². The van der Waals surface area contributed by atoms with E-state index in [1.54, 1.807) is 0 Å². The number of hydrogen-bond donors (Lipinski definition) is 0. The predicted molar refractivity (Wildman–Crippen MR) is 76.0 cm³/mol. The third-order valence-corrected chi connectivity index (χ3v) is 4.87. The third kappa shape index (κ3) is 3.93. The number of ether oxygens (including phenoxy) is 1. The Morgan fingerprint density at radius 3 is 2.21 bits per heavy atom. The van der Waals surface area contributed by atoms with Crippen LogP contribution in [0.1, 0.15) is 32.6 Å². The molecule has 2 aliphatic heterocycles. The molecular formula is C15H28N2O2. The van der Waals surface area contributed by atoms with Gasteiger partial charge in [-0.1, -0.05) is 0 Å². The molecule has 110 valence electrons. The number of carbonyl (C=O) groups is 1. The lowest BCUT2D eigenvalue weighted by Gasteiger charge is -2.36. The SMILES string of the molecule is CN1CCC(COC(=O)C2(C)CCN(C)CC2)CC1. The minimum absolute atomic E-state index is 0.0273. The number of rotatable bonds is 3. The average molecular weight is 268 g/mol. The summed E-state index contributed by atoms with van der Waals surface area (Å²) < 4.78 is 5.62. The molecule has 0 aromatic heterocycles. The fourth-order valence-corrected chi connectivity index (χ4v) is 2.91. The zero-order valence-corrected chi connectivity index (χ0v) is 12.7. The van der Waals surface area contributed by atoms with Gasteiger partial charge in [0, 0.05) is 0 Å². The molecule has 0 spiro atoms. The molecule has 0 saturated carbocycles. The highest BCUT2D eigenvalue weighted by Gasteiger charge is 2.37. The van der Waals surface area contributed by atoms with Gasteiger partial charge < -0.3 is 14.5 Å². The summed E-state index contributed by atoms with van der Waals surface area (Å²) >= 11 is 0. The number of nitrogens with zero attached hydrogens (tertiary/aromatic N) is 2. The zero-order chi connectivity index (χ0) is 13.9. The fourth-order valence-electron chi connectivity index (χ4n) is 2.91. The average Bonchev–Trinajstić information content (AvgIpc) is 2.41. The predicted octanol–water partition coefficient (Wildman–Crippen LogP) is 1.60. The van der Waals surface area contributed by atoms with Crippen LogP contribution in [-0.2, 0) is 9.53 Å². The summed E-state index contributed by atoms with van der Waals surface area (Å²) in [5.41, 5.74) is -0.252. The second-order valence-electron chi connectivity index (χ2n) is 6.71. The topological polar surface area (TPSA) is 32.8 Å². The molecule has 0 atom stereocenters. The van der Waals surface area contributed by atoms with Gasteiger partial charge in [-0.25, -0.2) is 0 Å². The number of carbonyl (C=O) groups excluding carboxylic acids is 1. The van der Waals surface area contributed by atoms with Gasteiger partial charge in [0.2, 0.25) is 0 Å². The first-order chi connectivity index (χ1) is 8.99. The Morgan fingerprint density at radius 1 is 1.11 bits per heavy atom. The number of likely N-dealkylation sites (tertiary alicyclic amines) is 2. The van der Waals surface area contributed by atoms with Crippen molar-refractivity contribution in [2.75, 3.05) is 46.9 Å². The standard InChI is InChI=1S/C15H28N2O2/c1-15(6-10-17(3)11-7-15)14(18)19-12-13-4-8-16(2)9-5-13/h13H,4-12H2,1-3H3. The van der Waals surface area contributed by atoms with Crippen molar-refractivity contribution in [3.05, 3.63) is 0 Å². The van der Waals surface area contributed by atoms with Gasteiger partial charge >= 0.3 is 5.97 Å². The highest BCUT2D eigenvalue weighted by atomic mass is 16.5. The van der Waals surface area contributed by atoms with Crippen molar-refractivity contribution in [1.29, 1.82) is 0 Å². The largest absolute Gasteiger partial charge is 0.465 e. The van der Waals surface area contributed by atoms with Gasteiger partial charge in [-0.05, 0) is 78.8 Å². The molecule has 2 aliphatic rings. The smallest absolute Gasteiger partial charge is 0.311 e. The molecular weight excluding hydrogens is 240 g/mol. The molecule has 0 aliphatic carbocycles. The minimum Gasteiger partial charge on any atom is -0.465 e. The monoisotopic (exact) mass is 268 g/mol. The molecule has 0 aromatic rings. The second kappa shape index (κ2) is 6.23. The highest BCUT2D eigenvalue weighted by molar-refractivity contribution is 5.76. The zero-order valence-electron chi connectivity index (χ0n) is 12.7. The summed E-state index contributed by atoms with van der Waals surface area (Å²) in [5, 5.41) is 0. The molecule has 0 N–H and O–H groups in total. The van der Waals surface area contributed by atoms with Crippen LogP contribution in [0.2, 0.25) is 0 Å². The summed E-state index contributed by atoms with van der Waals surface area (Å²) in [5.74, 6) is 0.592. The lowest BCUT2D eigenvalue weighted by Crippen LogP contribution is -2.42. The van der Waals surface area contributed by atoms with Crippen molar-refractivity contribution in [2.24, 2.45) is 11.3 Å². The molecule has 19 heavy (non-hydrogen) atoms. The molecule has 0 bridgehead atoms. The Kier molecular flexibility index (Phi) is 4.85. The highest BCUT2D eigenvalue weighted by Crippen LogP contribution is 2.32. The quantitative estimate of drug-likeness (QED) is 0.728. The van der Waals surface area contributed by atoms with Gasteiger partial charge in [-0.2, -0.15) is 0 Å². The molecule has 0 aromatic carbocycles. The van der Waals surface area contributed by atoms with Crippen LogP contribution in [0.3, 0.4) is 0 Å². The van der Waals surface area contributed by atoms with Gasteiger partial charge in [-0.15, -0.1) is 0 Å². The Balaban J connectivity index is 1.74. The molecule has 4 heteroatoms. The van der Waals surface area contributed by atoms with Crippen molar-refractivity contribution in [3.63, 3.8) is 0 Å². The molecule has 2 saturated heterocycles. The van der Waals surface area contributed by atoms with E-state index >= 15 is 0 Å². The Morgan fingerprint density at radius 2 is 1.63 bits per heavy atom. The van der Waals surface area contributed by atoms with Crippen molar-refractivity contribution in [1.82, 2.24) is 9.80 Å². The van der Waals surface area contributed by atoms with E-state index in [4.69, 9.17) is 4.74 Å². The lowest BCUT2D eigenvalue weighted by atomic mass is 9.80. The number of piperidine rings is 2. The summed E-state index contributed by atoms with van der Waals surface area (Å²) in [6.07, 6.45) is 4.16. The van der Waals surface area contributed by atoms with Crippen LogP contribution in [0.15, 0.2) is 0 Å². The molecule has 0 radical (unpaired) electrons. The third-order valence-electron chi connectivity index (χ3n) is 4.87. The number of hydrogen-bond acceptors (Lipinski definition) is 4. The molecule has 2 rings (SSSR count). The maximum absolute atomic E-state index is 12.3. The molecule has 0 unspecified atom stereocenters. The van der Waals surface area contributed by atoms with Crippen molar-refractivity contribution in [2.45, 2.75) is 32.6 Å². The summed E-state index contributed by atoms with van der Waals surface area (Å²) in [6, 6.07) is 0. The van der Waals surface area contributed by atoms with Crippen LogP contribution in [0.4, 0.5) is 0 Å². The minimum atomic E-state index is -0.252. The first kappa shape index (κ1) is 14.8. The molecule has 2 fully saturated rings. The van der Waals surface area contributed by atoms with E-state index in [1.165, 1.54) is 0 Å². The molecule has 4 nitrogen and oxygen atoms in total. The van der Waals surface area contributed by atoms with Crippen molar-refractivity contribution in [3.8, 4) is 0 Å². The van der Waals surface area contributed by atoms with Crippen molar-refractivity contribution < 1.29 is 9.53 Å². The van der Waals surface area contributed by atoms with Crippen LogP contribution < -0.4 is 0 Å². The normalized spacial score (nSPS) is 26.3. The maximum Gasteiger partial charge on any atom is 0.311 e. The van der Waals surface area contributed by atoms with E-state index < -0.39 is 0 Å². The van der Waals surface area contributed by atoms with Crippen molar-refractivity contribution >= 4 is 5.97 Å². The first-order valence-electron chi connectivity index (χ1n) is 7.54. The Labute approximate surface area is 117 Å². The van der Waals surface area contributed by atoms with Gasteiger partial charge in [0.15, 0.2) is 0 Å². The van der Waals surface area contributed by atoms with E-state index in [1.807, 2.05) is 0 Å². The fraction of sp³-hybridized carbons (Fsp3) is 0.933. The summed E-state index contributed by atoms with van der Waals surface area (Å²) in [6.45, 7) is 6.95. The van der Waals surface area contributed by atoms with Crippen LogP contribution in [0.25, 0.3) is 0 Å². The Bertz CT molecular complexity index is 303. The van der Waals surface area contributed by atoms with Crippen LogP contribution >= 0.6 is 0 Å². The summed E-state index contributed by atoms with van der Waals surface area (Å²) in [7, 11) is 4.27. The number of esters is 1. The first-order valence-corrected chi connectivity index (χ1v) is 7.54. The van der Waals surface area contributed by atoms with Crippen LogP contribution in [0.5, 0.6) is 0 Å². The van der Waals surface area contributed by atoms with E-state index in [0.717, 1.165) is 51.9 Å². The molecule has 2 heterocycles. The van der Waals surface area contributed by atoms with Crippen LogP contribution in [-0.4, -0.2) is 62.7 Å². The second-order valence-corrected chi connectivity index (χ2v) is 6.71. The molecule has 0 amide bonds. The van der Waals surface area contributed by atoms with E-state index in [9.17, 15) is 4.79 Å². The van der Waals surface area contributed by atoms with E-state index in [2.05, 4.69) is 30.8 Å². The van der Waals surface area contributed by atoms with E-state index in [0.29, 0.717) is 12.5 Å². The van der Waals surface area contributed by atoms with Gasteiger partial charge in [-0.3, -0.25) is 4.79 Å². The van der Waals surface area contributed by atoms with Gasteiger partial charge in [0.1, 0.15) is 0 Å².